The van der Waals surface area contributed by atoms with E-state index < -0.39 is 0 Å². The Morgan fingerprint density at radius 2 is 2.13 bits per heavy atom. The summed E-state index contributed by atoms with van der Waals surface area (Å²) in [6.07, 6.45) is 9.39. The third kappa shape index (κ3) is 3.31. The van der Waals surface area contributed by atoms with Gasteiger partial charge < -0.3 is 5.32 Å². The zero-order chi connectivity index (χ0) is 10.5. The van der Waals surface area contributed by atoms with Gasteiger partial charge in [-0.15, -0.1) is 0 Å². The second-order valence-electron chi connectivity index (χ2n) is 4.67. The summed E-state index contributed by atoms with van der Waals surface area (Å²) in [5.74, 6) is 0.991. The number of nitrogens with one attached hydrogen (secondary N) is 1. The van der Waals surface area contributed by atoms with Crippen molar-refractivity contribution in [2.24, 2.45) is 5.92 Å². The summed E-state index contributed by atoms with van der Waals surface area (Å²) >= 11 is 0. The maximum atomic E-state index is 4.02. The molecule has 1 aliphatic carbocycles. The van der Waals surface area contributed by atoms with E-state index in [1.165, 1.54) is 31.2 Å². The Morgan fingerprint density at radius 3 is 2.73 bits per heavy atom. The molecular weight excluding hydrogens is 184 g/mol. The van der Waals surface area contributed by atoms with E-state index in [9.17, 15) is 0 Å². The average molecular weight is 204 g/mol. The summed E-state index contributed by atoms with van der Waals surface area (Å²) < 4.78 is 0. The van der Waals surface area contributed by atoms with E-state index in [4.69, 9.17) is 0 Å². The third-order valence-corrected chi connectivity index (χ3v) is 3.32. The predicted octanol–water partition coefficient (Wildman–Crippen LogP) is 2.75. The van der Waals surface area contributed by atoms with E-state index in [0.717, 1.165) is 12.5 Å². The molecule has 0 spiro atoms. The van der Waals surface area contributed by atoms with Crippen molar-refractivity contribution in [3.8, 4) is 0 Å². The molecule has 1 aromatic heterocycles. The minimum Gasteiger partial charge on any atom is -0.310 e. The van der Waals surface area contributed by atoms with Crippen LogP contribution in [0, 0.1) is 5.92 Å². The van der Waals surface area contributed by atoms with Crippen molar-refractivity contribution in [1.82, 2.24) is 10.3 Å². The number of nitrogens with zero attached hydrogens (tertiary/aromatic N) is 1. The molecule has 1 aromatic rings. The minimum absolute atomic E-state index is 0.642. The van der Waals surface area contributed by atoms with Crippen molar-refractivity contribution < 1.29 is 0 Å². The Bertz CT molecular complexity index is 280. The Balaban J connectivity index is 1.68. The zero-order valence-corrected chi connectivity index (χ0v) is 9.45. The second kappa shape index (κ2) is 5.26. The van der Waals surface area contributed by atoms with Gasteiger partial charge in [-0.3, -0.25) is 4.98 Å². The standard InChI is InChI=1S/C13H20N2/c1-11(9-12-3-2-4-12)15-10-13-5-7-14-8-6-13/h5-8,11-12,15H,2-4,9-10H2,1H3. The molecule has 2 heteroatoms. The first-order valence-electron chi connectivity index (χ1n) is 5.97. The normalized spacial score (nSPS) is 18.5. The number of aromatic nitrogens is 1. The van der Waals surface area contributed by atoms with Gasteiger partial charge in [-0.1, -0.05) is 19.3 Å². The molecule has 1 fully saturated rings. The van der Waals surface area contributed by atoms with Gasteiger partial charge >= 0.3 is 0 Å². The highest BCUT2D eigenvalue weighted by Gasteiger charge is 2.19. The van der Waals surface area contributed by atoms with Crippen LogP contribution in [0.5, 0.6) is 0 Å². The van der Waals surface area contributed by atoms with Gasteiger partial charge in [-0.2, -0.15) is 0 Å². The van der Waals surface area contributed by atoms with Crippen LogP contribution in [-0.4, -0.2) is 11.0 Å². The van der Waals surface area contributed by atoms with Crippen molar-refractivity contribution in [3.63, 3.8) is 0 Å². The lowest BCUT2D eigenvalue weighted by Gasteiger charge is -2.28. The number of rotatable bonds is 5. The number of pyridine rings is 1. The average Bonchev–Trinajstić information content (AvgIpc) is 2.22. The highest BCUT2D eigenvalue weighted by atomic mass is 14.9. The van der Waals surface area contributed by atoms with Crippen LogP contribution in [0.15, 0.2) is 24.5 Å². The lowest BCUT2D eigenvalue weighted by Crippen LogP contribution is -2.29. The number of hydrogen-bond donors (Lipinski definition) is 1. The van der Waals surface area contributed by atoms with Crippen LogP contribution in [0.3, 0.4) is 0 Å². The molecular formula is C13H20N2. The molecule has 1 heterocycles. The highest BCUT2D eigenvalue weighted by Crippen LogP contribution is 2.30. The highest BCUT2D eigenvalue weighted by molar-refractivity contribution is 5.09. The van der Waals surface area contributed by atoms with E-state index in [1.54, 1.807) is 0 Å². The zero-order valence-electron chi connectivity index (χ0n) is 9.45. The van der Waals surface area contributed by atoms with Crippen LogP contribution in [0.2, 0.25) is 0 Å². The molecule has 0 amide bonds. The maximum absolute atomic E-state index is 4.02. The van der Waals surface area contributed by atoms with Crippen molar-refractivity contribution in [3.05, 3.63) is 30.1 Å². The smallest absolute Gasteiger partial charge is 0.0271 e. The predicted molar refractivity (Wildman–Crippen MR) is 62.5 cm³/mol. The third-order valence-electron chi connectivity index (χ3n) is 3.32. The van der Waals surface area contributed by atoms with Crippen LogP contribution in [0.4, 0.5) is 0 Å². The van der Waals surface area contributed by atoms with Crippen LogP contribution >= 0.6 is 0 Å². The van der Waals surface area contributed by atoms with Crippen molar-refractivity contribution in [2.45, 2.75) is 45.2 Å². The van der Waals surface area contributed by atoms with E-state index in [1.807, 2.05) is 12.4 Å². The molecule has 1 atom stereocenters. The molecule has 0 radical (unpaired) electrons. The summed E-state index contributed by atoms with van der Waals surface area (Å²) in [6, 6.07) is 4.79. The Labute approximate surface area is 92.1 Å². The topological polar surface area (TPSA) is 24.9 Å². The summed E-state index contributed by atoms with van der Waals surface area (Å²) in [7, 11) is 0. The fraction of sp³-hybridized carbons (Fsp3) is 0.615. The van der Waals surface area contributed by atoms with Crippen LogP contribution in [0.25, 0.3) is 0 Å². The molecule has 0 saturated heterocycles. The monoisotopic (exact) mass is 204 g/mol. The molecule has 2 rings (SSSR count). The minimum atomic E-state index is 0.642. The Kier molecular flexibility index (Phi) is 3.73. The van der Waals surface area contributed by atoms with Gasteiger partial charge in [0.2, 0.25) is 0 Å². The van der Waals surface area contributed by atoms with E-state index in [2.05, 4.69) is 29.4 Å². The second-order valence-corrected chi connectivity index (χ2v) is 4.67. The molecule has 0 aromatic carbocycles. The Morgan fingerprint density at radius 1 is 1.40 bits per heavy atom. The molecule has 1 aliphatic rings. The first-order valence-corrected chi connectivity index (χ1v) is 5.97. The number of hydrogen-bond acceptors (Lipinski definition) is 2. The summed E-state index contributed by atoms with van der Waals surface area (Å²) in [4.78, 5) is 4.02. The summed E-state index contributed by atoms with van der Waals surface area (Å²) in [5, 5.41) is 3.57. The van der Waals surface area contributed by atoms with E-state index in [0.29, 0.717) is 6.04 Å². The van der Waals surface area contributed by atoms with Gasteiger partial charge in [0.1, 0.15) is 0 Å². The van der Waals surface area contributed by atoms with Crippen LogP contribution in [-0.2, 0) is 6.54 Å². The summed E-state index contributed by atoms with van der Waals surface area (Å²) in [5.41, 5.74) is 1.32. The fourth-order valence-corrected chi connectivity index (χ4v) is 2.10. The van der Waals surface area contributed by atoms with Gasteiger partial charge in [0.25, 0.3) is 0 Å². The molecule has 82 valence electrons. The maximum Gasteiger partial charge on any atom is 0.0271 e. The lowest BCUT2D eigenvalue weighted by molar-refractivity contribution is 0.265. The van der Waals surface area contributed by atoms with Gasteiger partial charge in [-0.05, 0) is 37.0 Å². The molecule has 0 aliphatic heterocycles. The van der Waals surface area contributed by atoms with Gasteiger partial charge in [0, 0.05) is 25.0 Å². The SMILES string of the molecule is CC(CC1CCC1)NCc1ccncc1. The lowest BCUT2D eigenvalue weighted by atomic mass is 9.81. The van der Waals surface area contributed by atoms with Gasteiger partial charge in [-0.25, -0.2) is 0 Å². The molecule has 1 N–H and O–H groups in total. The van der Waals surface area contributed by atoms with Gasteiger partial charge in [0.05, 0.1) is 0 Å². The quantitative estimate of drug-likeness (QED) is 0.797. The first kappa shape index (κ1) is 10.6. The van der Waals surface area contributed by atoms with Crippen LogP contribution in [0.1, 0.15) is 38.2 Å². The first-order chi connectivity index (χ1) is 7.34. The van der Waals surface area contributed by atoms with Crippen LogP contribution < -0.4 is 5.32 Å². The molecule has 1 saturated carbocycles. The van der Waals surface area contributed by atoms with Crippen molar-refractivity contribution >= 4 is 0 Å². The van der Waals surface area contributed by atoms with Crippen molar-refractivity contribution in [2.75, 3.05) is 0 Å². The molecule has 2 nitrogen and oxygen atoms in total. The molecule has 0 bridgehead atoms. The van der Waals surface area contributed by atoms with E-state index in [-0.39, 0.29) is 0 Å². The van der Waals surface area contributed by atoms with E-state index >= 15 is 0 Å². The molecule has 1 unspecified atom stereocenters. The van der Waals surface area contributed by atoms with Gasteiger partial charge in [0.15, 0.2) is 0 Å². The van der Waals surface area contributed by atoms with Crippen molar-refractivity contribution in [1.29, 1.82) is 0 Å². The Hall–Kier alpha value is -0.890. The molecule has 15 heavy (non-hydrogen) atoms. The summed E-state index contributed by atoms with van der Waals surface area (Å²) in [6.45, 7) is 3.26. The fourth-order valence-electron chi connectivity index (χ4n) is 2.10. The largest absolute Gasteiger partial charge is 0.310 e.